The van der Waals surface area contributed by atoms with E-state index in [1.165, 1.54) is 0 Å². The number of nitriles is 1. The molecule has 5 rings (SSSR count). The molecule has 0 radical (unpaired) electrons. The highest BCUT2D eigenvalue weighted by atomic mass is 32.2. The number of aryl methyl sites for hydroxylation is 1. The molecule has 1 saturated carbocycles. The number of benzene rings is 2. The van der Waals surface area contributed by atoms with E-state index in [1.54, 1.807) is 28.6 Å². The van der Waals surface area contributed by atoms with Crippen LogP contribution in [-0.2, 0) is 10.0 Å². The van der Waals surface area contributed by atoms with Crippen molar-refractivity contribution in [1.82, 2.24) is 14.3 Å². The monoisotopic (exact) mass is 448 g/mol. The van der Waals surface area contributed by atoms with Crippen LogP contribution < -0.4 is 10.2 Å². The van der Waals surface area contributed by atoms with Gasteiger partial charge in [0, 0.05) is 32.2 Å². The van der Waals surface area contributed by atoms with Crippen LogP contribution >= 0.6 is 0 Å². The number of fused-ring (bicyclic) bond motifs is 1. The minimum absolute atomic E-state index is 0.360. The first kappa shape index (κ1) is 20.7. The van der Waals surface area contributed by atoms with Gasteiger partial charge in [0.1, 0.15) is 0 Å². The summed E-state index contributed by atoms with van der Waals surface area (Å²) in [4.78, 5) is 12.0. The first-order valence-electron chi connectivity index (χ1n) is 10.7. The average Bonchev–Trinajstić information content (AvgIpc) is 3.62. The lowest BCUT2D eigenvalue weighted by Crippen LogP contribution is -2.49. The lowest BCUT2D eigenvalue weighted by Gasteiger charge is -2.35. The third-order valence-corrected chi connectivity index (χ3v) is 8.00. The Morgan fingerprint density at radius 1 is 1.03 bits per heavy atom. The van der Waals surface area contributed by atoms with Crippen LogP contribution in [0.5, 0.6) is 0 Å². The van der Waals surface area contributed by atoms with E-state index in [-0.39, 0.29) is 0 Å². The molecule has 1 saturated heterocycles. The van der Waals surface area contributed by atoms with Gasteiger partial charge in [0.2, 0.25) is 10.0 Å². The Kier molecular flexibility index (Phi) is 5.19. The Morgan fingerprint density at radius 3 is 2.47 bits per heavy atom. The first-order chi connectivity index (χ1) is 15.5. The summed E-state index contributed by atoms with van der Waals surface area (Å²) in [6.07, 6.45) is 2.21. The predicted octanol–water partition coefficient (Wildman–Crippen LogP) is 2.90. The maximum atomic E-state index is 13.2. The van der Waals surface area contributed by atoms with Gasteiger partial charge < -0.3 is 10.2 Å². The molecule has 1 N–H and O–H groups in total. The normalized spacial score (nSPS) is 17.3. The van der Waals surface area contributed by atoms with E-state index in [0.717, 1.165) is 29.7 Å². The van der Waals surface area contributed by atoms with E-state index in [4.69, 9.17) is 9.97 Å². The molecule has 2 heterocycles. The summed E-state index contributed by atoms with van der Waals surface area (Å²) >= 11 is 0. The summed E-state index contributed by atoms with van der Waals surface area (Å²) in [7, 11) is -3.54. The van der Waals surface area contributed by atoms with Crippen molar-refractivity contribution in [3.05, 3.63) is 53.6 Å². The molecule has 9 heteroatoms. The van der Waals surface area contributed by atoms with Crippen molar-refractivity contribution >= 4 is 32.7 Å². The molecule has 0 bridgehead atoms. The van der Waals surface area contributed by atoms with Crippen molar-refractivity contribution in [2.24, 2.45) is 0 Å². The Morgan fingerprint density at radius 2 is 1.78 bits per heavy atom. The molecule has 1 aromatic heterocycles. The van der Waals surface area contributed by atoms with Gasteiger partial charge in [-0.15, -0.1) is 0 Å². The first-order valence-corrected chi connectivity index (χ1v) is 12.2. The van der Waals surface area contributed by atoms with Gasteiger partial charge in [-0.25, -0.2) is 18.4 Å². The van der Waals surface area contributed by atoms with Crippen LogP contribution in [0.25, 0.3) is 11.0 Å². The summed E-state index contributed by atoms with van der Waals surface area (Å²) < 4.78 is 27.9. The molecule has 2 aromatic carbocycles. The standard InChI is InChI=1S/C23H24N6O2S/c1-16-4-2-3-5-21(16)32(30,31)29-12-10-28(11-13-29)23-22(25-18-7-8-18)26-19-9-6-17(15-24)14-20(19)27-23/h2-6,9,14,18H,7-8,10-13H2,1H3,(H,25,26). The maximum absolute atomic E-state index is 13.2. The Balaban J connectivity index is 1.42. The molecule has 1 aliphatic heterocycles. The number of hydrogen-bond donors (Lipinski definition) is 1. The van der Waals surface area contributed by atoms with Crippen molar-refractivity contribution in [1.29, 1.82) is 5.26 Å². The zero-order valence-corrected chi connectivity index (χ0v) is 18.6. The predicted molar refractivity (Wildman–Crippen MR) is 123 cm³/mol. The minimum Gasteiger partial charge on any atom is -0.364 e. The van der Waals surface area contributed by atoms with Crippen LogP contribution in [0.1, 0.15) is 24.0 Å². The van der Waals surface area contributed by atoms with E-state index in [2.05, 4.69) is 16.3 Å². The summed E-state index contributed by atoms with van der Waals surface area (Å²) in [6, 6.07) is 14.9. The zero-order chi connectivity index (χ0) is 22.3. The van der Waals surface area contributed by atoms with Gasteiger partial charge in [-0.05, 0) is 49.6 Å². The molecular weight excluding hydrogens is 424 g/mol. The van der Waals surface area contributed by atoms with Crippen LogP contribution in [0.2, 0.25) is 0 Å². The van der Waals surface area contributed by atoms with E-state index in [1.807, 2.05) is 25.1 Å². The molecule has 8 nitrogen and oxygen atoms in total. The average molecular weight is 449 g/mol. The van der Waals surface area contributed by atoms with Gasteiger partial charge in [-0.2, -0.15) is 9.57 Å². The van der Waals surface area contributed by atoms with Crippen molar-refractivity contribution in [3.63, 3.8) is 0 Å². The quantitative estimate of drug-likeness (QED) is 0.640. The molecule has 3 aromatic rings. The largest absolute Gasteiger partial charge is 0.364 e. The van der Waals surface area contributed by atoms with Crippen molar-refractivity contribution < 1.29 is 8.42 Å². The summed E-state index contributed by atoms with van der Waals surface area (Å²) in [5.41, 5.74) is 2.68. The molecule has 2 aliphatic rings. The van der Waals surface area contributed by atoms with E-state index >= 15 is 0 Å². The second-order valence-electron chi connectivity index (χ2n) is 8.29. The van der Waals surface area contributed by atoms with Crippen molar-refractivity contribution in [3.8, 4) is 6.07 Å². The van der Waals surface area contributed by atoms with Gasteiger partial charge in [0.15, 0.2) is 11.6 Å². The molecule has 32 heavy (non-hydrogen) atoms. The molecule has 0 atom stereocenters. The smallest absolute Gasteiger partial charge is 0.243 e. The number of piperazine rings is 1. The zero-order valence-electron chi connectivity index (χ0n) is 17.8. The lowest BCUT2D eigenvalue weighted by atomic mass is 10.2. The third kappa shape index (κ3) is 3.87. The van der Waals surface area contributed by atoms with E-state index in [0.29, 0.717) is 54.0 Å². The summed E-state index contributed by atoms with van der Waals surface area (Å²) in [6.45, 7) is 3.60. The highest BCUT2D eigenvalue weighted by Crippen LogP contribution is 2.32. The fourth-order valence-electron chi connectivity index (χ4n) is 3.98. The number of hydrogen-bond acceptors (Lipinski definition) is 7. The van der Waals surface area contributed by atoms with Crippen LogP contribution in [0.15, 0.2) is 47.4 Å². The molecular formula is C23H24N6O2S. The second kappa shape index (κ2) is 8.04. The van der Waals surface area contributed by atoms with Gasteiger partial charge >= 0.3 is 0 Å². The van der Waals surface area contributed by atoms with Gasteiger partial charge in [-0.1, -0.05) is 18.2 Å². The number of rotatable bonds is 5. The van der Waals surface area contributed by atoms with E-state index in [9.17, 15) is 13.7 Å². The topological polar surface area (TPSA) is 102 Å². The fourth-order valence-corrected chi connectivity index (χ4v) is 5.63. The number of aromatic nitrogens is 2. The van der Waals surface area contributed by atoms with Crippen LogP contribution in [-0.4, -0.2) is 54.9 Å². The number of anilines is 2. The molecule has 0 amide bonds. The highest BCUT2D eigenvalue weighted by Gasteiger charge is 2.32. The van der Waals surface area contributed by atoms with E-state index < -0.39 is 10.0 Å². The Labute approximate surface area is 187 Å². The highest BCUT2D eigenvalue weighted by molar-refractivity contribution is 7.89. The molecule has 1 aliphatic carbocycles. The number of sulfonamides is 1. The van der Waals surface area contributed by atoms with Crippen molar-refractivity contribution in [2.75, 3.05) is 36.4 Å². The van der Waals surface area contributed by atoms with Gasteiger partial charge in [-0.3, -0.25) is 0 Å². The summed E-state index contributed by atoms with van der Waals surface area (Å²) in [5, 5.41) is 12.7. The number of nitrogens with zero attached hydrogens (tertiary/aromatic N) is 5. The van der Waals surface area contributed by atoms with Gasteiger partial charge in [0.05, 0.1) is 27.6 Å². The van der Waals surface area contributed by atoms with Crippen LogP contribution in [0.3, 0.4) is 0 Å². The molecule has 0 unspecified atom stereocenters. The van der Waals surface area contributed by atoms with Crippen LogP contribution in [0, 0.1) is 18.3 Å². The SMILES string of the molecule is Cc1ccccc1S(=O)(=O)N1CCN(c2nc3cc(C#N)ccc3nc2NC2CC2)CC1. The maximum Gasteiger partial charge on any atom is 0.243 e. The van der Waals surface area contributed by atoms with Crippen molar-refractivity contribution in [2.45, 2.75) is 30.7 Å². The fraction of sp³-hybridized carbons (Fsp3) is 0.348. The third-order valence-electron chi connectivity index (χ3n) is 5.94. The van der Waals surface area contributed by atoms with Crippen LogP contribution in [0.4, 0.5) is 11.6 Å². The lowest BCUT2D eigenvalue weighted by molar-refractivity contribution is 0.383. The minimum atomic E-state index is -3.54. The Bertz CT molecular complexity index is 1320. The molecule has 164 valence electrons. The number of nitrogens with one attached hydrogen (secondary N) is 1. The molecule has 0 spiro atoms. The second-order valence-corrected chi connectivity index (χ2v) is 10.2. The Hall–Kier alpha value is -3.22. The van der Waals surface area contributed by atoms with Gasteiger partial charge in [0.25, 0.3) is 0 Å². The summed E-state index contributed by atoms with van der Waals surface area (Å²) in [5.74, 6) is 1.44. The molecule has 2 fully saturated rings.